The minimum Gasteiger partial charge on any atom is -0.464 e. The van der Waals surface area contributed by atoms with Crippen LogP contribution in [0, 0.1) is 0 Å². The molecule has 4 aromatic rings. The molecule has 2 aromatic carbocycles. The molecule has 0 spiro atoms. The van der Waals surface area contributed by atoms with Crippen molar-refractivity contribution in [2.45, 2.75) is 37.5 Å². The minimum atomic E-state index is -3.30. The van der Waals surface area contributed by atoms with Crippen LogP contribution in [0.2, 0.25) is 0 Å². The van der Waals surface area contributed by atoms with Gasteiger partial charge < -0.3 is 9.73 Å². The molecule has 0 radical (unpaired) electrons. The molecule has 156 valence electrons. The number of furan rings is 1. The number of fused-ring (bicyclic) bond motifs is 2. The number of carbonyl (C=O) groups is 1. The van der Waals surface area contributed by atoms with Crippen LogP contribution in [-0.2, 0) is 26.5 Å². The molecule has 0 bridgehead atoms. The topological polar surface area (TPSA) is 89.3 Å². The van der Waals surface area contributed by atoms with E-state index in [0.29, 0.717) is 15.3 Å². The van der Waals surface area contributed by atoms with Crippen molar-refractivity contribution in [1.29, 1.82) is 0 Å². The Morgan fingerprint density at radius 2 is 1.93 bits per heavy atom. The average Bonchev–Trinajstić information content (AvgIpc) is 3.22. The Morgan fingerprint density at radius 1 is 1.17 bits per heavy atom. The maximum atomic E-state index is 12.6. The summed E-state index contributed by atoms with van der Waals surface area (Å²) in [4.78, 5) is 17.2. The number of carbonyl (C=O) groups excluding carboxylic acids is 1. The molecule has 0 unspecified atom stereocenters. The Bertz CT molecular complexity index is 1380. The maximum absolute atomic E-state index is 12.6. The Labute approximate surface area is 178 Å². The van der Waals surface area contributed by atoms with E-state index in [1.807, 2.05) is 12.1 Å². The predicted molar refractivity (Wildman–Crippen MR) is 120 cm³/mol. The van der Waals surface area contributed by atoms with Crippen LogP contribution in [0.3, 0.4) is 0 Å². The zero-order valence-electron chi connectivity index (χ0n) is 17.1. The summed E-state index contributed by atoms with van der Waals surface area (Å²) in [7, 11) is -3.30. The Balaban J connectivity index is 1.56. The van der Waals surface area contributed by atoms with Crippen LogP contribution in [0.5, 0.6) is 0 Å². The summed E-state index contributed by atoms with van der Waals surface area (Å²) in [5.74, 6) is -0.207. The van der Waals surface area contributed by atoms with Crippen molar-refractivity contribution in [2.75, 3.05) is 11.6 Å². The summed E-state index contributed by atoms with van der Waals surface area (Å²) < 4.78 is 29.8. The van der Waals surface area contributed by atoms with Crippen molar-refractivity contribution < 1.29 is 17.6 Å². The number of benzene rings is 2. The van der Waals surface area contributed by atoms with Gasteiger partial charge in [-0.05, 0) is 41.3 Å². The fourth-order valence-corrected chi connectivity index (χ4v) is 4.85. The van der Waals surface area contributed by atoms with E-state index in [-0.39, 0.29) is 22.6 Å². The molecule has 0 saturated carbocycles. The minimum absolute atomic E-state index is 0.00317. The van der Waals surface area contributed by atoms with Gasteiger partial charge in [0.15, 0.2) is 15.0 Å². The number of hydrogen-bond donors (Lipinski definition) is 1. The summed E-state index contributed by atoms with van der Waals surface area (Å²) in [5.41, 5.74) is 3.38. The fraction of sp³-hybridized carbons (Fsp3) is 0.273. The van der Waals surface area contributed by atoms with E-state index in [9.17, 15) is 13.2 Å². The molecule has 2 heterocycles. The summed E-state index contributed by atoms with van der Waals surface area (Å²) in [6, 6.07) is 10.8. The average molecular weight is 443 g/mol. The van der Waals surface area contributed by atoms with Crippen molar-refractivity contribution >= 4 is 53.4 Å². The highest BCUT2D eigenvalue weighted by molar-refractivity contribution is 7.90. The monoisotopic (exact) mass is 442 g/mol. The molecule has 1 N–H and O–H groups in total. The zero-order valence-corrected chi connectivity index (χ0v) is 18.8. The molecular formula is C22H22N2O4S2. The van der Waals surface area contributed by atoms with E-state index < -0.39 is 9.84 Å². The lowest BCUT2D eigenvalue weighted by Gasteiger charge is -2.18. The van der Waals surface area contributed by atoms with Crippen LogP contribution in [0.25, 0.3) is 21.2 Å². The fourth-order valence-electron chi connectivity index (χ4n) is 3.21. The van der Waals surface area contributed by atoms with Gasteiger partial charge in [0.05, 0.1) is 27.8 Å². The van der Waals surface area contributed by atoms with Gasteiger partial charge in [0.1, 0.15) is 5.58 Å². The molecule has 0 atom stereocenters. The van der Waals surface area contributed by atoms with Gasteiger partial charge in [-0.2, -0.15) is 0 Å². The first-order valence-electron chi connectivity index (χ1n) is 9.42. The molecule has 0 saturated heterocycles. The van der Waals surface area contributed by atoms with Gasteiger partial charge in [0.2, 0.25) is 5.91 Å². The molecule has 1 amide bonds. The number of nitrogens with zero attached hydrogens (tertiary/aromatic N) is 1. The summed E-state index contributed by atoms with van der Waals surface area (Å²) in [6.45, 7) is 6.43. The predicted octanol–water partition coefficient (Wildman–Crippen LogP) is 4.92. The molecule has 2 aromatic heterocycles. The number of hydrogen-bond acceptors (Lipinski definition) is 6. The number of aromatic nitrogens is 1. The van der Waals surface area contributed by atoms with Crippen molar-refractivity contribution in [1.82, 2.24) is 4.98 Å². The third-order valence-electron chi connectivity index (χ3n) is 4.91. The molecule has 4 rings (SSSR count). The second-order valence-corrected chi connectivity index (χ2v) is 11.4. The van der Waals surface area contributed by atoms with E-state index in [4.69, 9.17) is 4.42 Å². The van der Waals surface area contributed by atoms with Gasteiger partial charge >= 0.3 is 0 Å². The molecule has 6 nitrogen and oxygen atoms in total. The Hall–Kier alpha value is -2.71. The van der Waals surface area contributed by atoms with E-state index in [1.54, 1.807) is 18.4 Å². The van der Waals surface area contributed by atoms with Gasteiger partial charge in [0.25, 0.3) is 0 Å². The van der Waals surface area contributed by atoms with E-state index in [0.717, 1.165) is 22.8 Å². The van der Waals surface area contributed by atoms with Crippen molar-refractivity contribution in [3.8, 4) is 0 Å². The second kappa shape index (κ2) is 7.21. The lowest BCUT2D eigenvalue weighted by molar-refractivity contribution is -0.115. The SMILES string of the molecule is CC(C)(C)c1ccc2occ(CC(=O)Nc3nc4ccc(S(C)(=O)=O)cc4s3)c2c1. The van der Waals surface area contributed by atoms with Gasteiger partial charge in [-0.1, -0.05) is 38.2 Å². The zero-order chi connectivity index (χ0) is 21.7. The molecule has 0 aliphatic rings. The molecule has 30 heavy (non-hydrogen) atoms. The molecule has 0 aliphatic carbocycles. The van der Waals surface area contributed by atoms with E-state index in [2.05, 4.69) is 37.1 Å². The van der Waals surface area contributed by atoms with Crippen molar-refractivity contribution in [3.05, 3.63) is 53.8 Å². The first-order valence-corrected chi connectivity index (χ1v) is 12.1. The summed E-state index contributed by atoms with van der Waals surface area (Å²) >= 11 is 1.25. The van der Waals surface area contributed by atoms with Crippen LogP contribution in [0.4, 0.5) is 5.13 Å². The number of rotatable bonds is 4. The smallest absolute Gasteiger partial charge is 0.230 e. The third kappa shape index (κ3) is 4.11. The number of sulfone groups is 1. The van der Waals surface area contributed by atoms with Gasteiger partial charge in [-0.15, -0.1) is 0 Å². The molecular weight excluding hydrogens is 420 g/mol. The summed E-state index contributed by atoms with van der Waals surface area (Å²) in [5, 5.41) is 4.18. The van der Waals surface area contributed by atoms with Crippen LogP contribution in [-0.4, -0.2) is 25.6 Å². The third-order valence-corrected chi connectivity index (χ3v) is 6.95. The van der Waals surface area contributed by atoms with Crippen LogP contribution in [0.15, 0.2) is 52.0 Å². The normalized spacial score (nSPS) is 12.5. The Morgan fingerprint density at radius 3 is 2.63 bits per heavy atom. The number of anilines is 1. The van der Waals surface area contributed by atoms with Crippen LogP contribution in [0.1, 0.15) is 31.9 Å². The second-order valence-electron chi connectivity index (χ2n) is 8.37. The molecule has 0 fully saturated rings. The van der Waals surface area contributed by atoms with E-state index in [1.165, 1.54) is 23.0 Å². The first kappa shape index (κ1) is 20.6. The quantitative estimate of drug-likeness (QED) is 0.484. The van der Waals surface area contributed by atoms with Gasteiger partial charge in [-0.3, -0.25) is 4.79 Å². The lowest BCUT2D eigenvalue weighted by atomic mass is 9.86. The summed E-state index contributed by atoms with van der Waals surface area (Å²) in [6.07, 6.45) is 2.94. The maximum Gasteiger partial charge on any atom is 0.230 e. The lowest BCUT2D eigenvalue weighted by Crippen LogP contribution is -2.14. The van der Waals surface area contributed by atoms with Gasteiger partial charge in [-0.25, -0.2) is 13.4 Å². The standard InChI is InChI=1S/C22H22N2O4S2/c1-22(2,3)14-5-8-18-16(10-14)13(12-28-18)9-20(25)24-21-23-17-7-6-15(30(4,26)27)11-19(17)29-21/h5-8,10-12H,9H2,1-4H3,(H,23,24,25). The highest BCUT2D eigenvalue weighted by Crippen LogP contribution is 2.30. The number of thiazole rings is 1. The van der Waals surface area contributed by atoms with Crippen molar-refractivity contribution in [2.24, 2.45) is 0 Å². The van der Waals surface area contributed by atoms with Crippen LogP contribution >= 0.6 is 11.3 Å². The molecule has 8 heteroatoms. The molecule has 0 aliphatic heterocycles. The van der Waals surface area contributed by atoms with Crippen molar-refractivity contribution in [3.63, 3.8) is 0 Å². The van der Waals surface area contributed by atoms with Crippen LogP contribution < -0.4 is 5.32 Å². The largest absolute Gasteiger partial charge is 0.464 e. The Kier molecular flexibility index (Phi) is 4.94. The highest BCUT2D eigenvalue weighted by atomic mass is 32.2. The highest BCUT2D eigenvalue weighted by Gasteiger charge is 2.18. The van der Waals surface area contributed by atoms with Gasteiger partial charge in [0, 0.05) is 17.2 Å². The number of amides is 1. The van der Waals surface area contributed by atoms with E-state index >= 15 is 0 Å². The first-order chi connectivity index (χ1) is 14.0. The number of nitrogens with one attached hydrogen (secondary N) is 1.